The zero-order valence-corrected chi connectivity index (χ0v) is 11.4. The van der Waals surface area contributed by atoms with E-state index in [1.807, 2.05) is 0 Å². The number of fused-ring (bicyclic) bond motifs is 1. The fraction of sp³-hybridized carbons (Fsp3) is 0.571. The number of aromatic nitrogens is 2. The summed E-state index contributed by atoms with van der Waals surface area (Å²) in [4.78, 5) is 4.73. The van der Waals surface area contributed by atoms with Gasteiger partial charge in [-0.25, -0.2) is 4.63 Å². The highest BCUT2D eigenvalue weighted by Gasteiger charge is 2.21. The van der Waals surface area contributed by atoms with Crippen molar-refractivity contribution in [3.8, 4) is 0 Å². The van der Waals surface area contributed by atoms with E-state index in [9.17, 15) is 0 Å². The number of hydrogen-bond donors (Lipinski definition) is 0. The number of anilines is 2. The molecule has 3 heterocycles. The zero-order chi connectivity index (χ0) is 13.4. The number of rotatable bonds is 2. The van der Waals surface area contributed by atoms with Gasteiger partial charge in [-0.15, -0.1) is 0 Å². The Balaban J connectivity index is 1.77. The van der Waals surface area contributed by atoms with Crippen LogP contribution >= 0.6 is 0 Å². The molecule has 6 nitrogen and oxygen atoms in total. The van der Waals surface area contributed by atoms with E-state index < -0.39 is 0 Å². The number of hydrogen-bond acceptors (Lipinski definition) is 6. The molecule has 6 heteroatoms. The Kier molecular flexibility index (Phi) is 2.95. The summed E-state index contributed by atoms with van der Waals surface area (Å²) in [7, 11) is 0. The summed E-state index contributed by atoms with van der Waals surface area (Å²) in [6, 6.07) is 4.29. The third kappa shape index (κ3) is 2.00. The van der Waals surface area contributed by atoms with Gasteiger partial charge in [0.15, 0.2) is 5.52 Å². The molecule has 20 heavy (non-hydrogen) atoms. The lowest BCUT2D eigenvalue weighted by Crippen LogP contribution is -2.36. The number of morpholine rings is 1. The molecule has 4 rings (SSSR count). The van der Waals surface area contributed by atoms with Crippen molar-refractivity contribution < 1.29 is 9.37 Å². The second-order valence-electron chi connectivity index (χ2n) is 5.39. The lowest BCUT2D eigenvalue weighted by molar-refractivity contribution is 0.122. The zero-order valence-electron chi connectivity index (χ0n) is 11.4. The molecule has 0 saturated carbocycles. The largest absolute Gasteiger partial charge is 0.378 e. The molecule has 0 bridgehead atoms. The minimum atomic E-state index is 0.786. The van der Waals surface area contributed by atoms with E-state index in [-0.39, 0.29) is 0 Å². The SMILES string of the molecule is c1c(N2CCOCC2)cc2nonc2c1N1CCCC1. The van der Waals surface area contributed by atoms with Crippen molar-refractivity contribution in [1.82, 2.24) is 10.3 Å². The van der Waals surface area contributed by atoms with E-state index >= 15 is 0 Å². The average molecular weight is 274 g/mol. The highest BCUT2D eigenvalue weighted by Crippen LogP contribution is 2.32. The van der Waals surface area contributed by atoms with Crippen LogP contribution in [0.25, 0.3) is 11.0 Å². The summed E-state index contributed by atoms with van der Waals surface area (Å²) in [5, 5.41) is 8.11. The van der Waals surface area contributed by atoms with E-state index in [0.717, 1.165) is 56.1 Å². The van der Waals surface area contributed by atoms with E-state index in [4.69, 9.17) is 9.37 Å². The van der Waals surface area contributed by atoms with Crippen molar-refractivity contribution in [2.75, 3.05) is 49.2 Å². The van der Waals surface area contributed by atoms with Crippen LogP contribution in [-0.4, -0.2) is 49.7 Å². The Morgan fingerprint density at radius 2 is 1.70 bits per heavy atom. The molecule has 0 amide bonds. The minimum absolute atomic E-state index is 0.786. The fourth-order valence-electron chi connectivity index (χ4n) is 3.06. The van der Waals surface area contributed by atoms with Crippen LogP contribution in [0.15, 0.2) is 16.8 Å². The van der Waals surface area contributed by atoms with Gasteiger partial charge in [0.05, 0.1) is 18.9 Å². The summed E-state index contributed by atoms with van der Waals surface area (Å²) in [5.74, 6) is 0. The number of nitrogens with zero attached hydrogens (tertiary/aromatic N) is 4. The van der Waals surface area contributed by atoms with Crippen LogP contribution in [-0.2, 0) is 4.74 Å². The van der Waals surface area contributed by atoms with Crippen molar-refractivity contribution in [3.63, 3.8) is 0 Å². The second-order valence-corrected chi connectivity index (χ2v) is 5.39. The molecule has 2 saturated heterocycles. The highest BCUT2D eigenvalue weighted by molar-refractivity contribution is 5.91. The molecule has 1 aromatic carbocycles. The molecule has 1 aromatic heterocycles. The maximum absolute atomic E-state index is 5.43. The summed E-state index contributed by atoms with van der Waals surface area (Å²) < 4.78 is 10.4. The van der Waals surface area contributed by atoms with Crippen molar-refractivity contribution in [3.05, 3.63) is 12.1 Å². The van der Waals surface area contributed by atoms with Crippen LogP contribution in [0.5, 0.6) is 0 Å². The summed E-state index contributed by atoms with van der Waals surface area (Å²) in [6.07, 6.45) is 2.49. The minimum Gasteiger partial charge on any atom is -0.378 e. The van der Waals surface area contributed by atoms with Gasteiger partial charge in [-0.1, -0.05) is 0 Å². The van der Waals surface area contributed by atoms with Crippen LogP contribution in [0.3, 0.4) is 0 Å². The Morgan fingerprint density at radius 1 is 0.900 bits per heavy atom. The van der Waals surface area contributed by atoms with Gasteiger partial charge in [-0.3, -0.25) is 0 Å². The molecule has 2 aliphatic rings. The number of ether oxygens (including phenoxy) is 1. The summed E-state index contributed by atoms with van der Waals surface area (Å²) >= 11 is 0. The maximum atomic E-state index is 5.43. The summed E-state index contributed by atoms with van der Waals surface area (Å²) in [5.41, 5.74) is 4.07. The van der Waals surface area contributed by atoms with Gasteiger partial charge in [-0.2, -0.15) is 0 Å². The van der Waals surface area contributed by atoms with Gasteiger partial charge in [0.2, 0.25) is 0 Å². The van der Waals surface area contributed by atoms with Gasteiger partial charge in [0.1, 0.15) is 5.52 Å². The first-order valence-corrected chi connectivity index (χ1v) is 7.26. The molecular formula is C14H18N4O2. The first-order chi connectivity index (χ1) is 9.92. The molecule has 0 N–H and O–H groups in total. The fourth-order valence-corrected chi connectivity index (χ4v) is 3.06. The van der Waals surface area contributed by atoms with Gasteiger partial charge < -0.3 is 14.5 Å². The van der Waals surface area contributed by atoms with Crippen molar-refractivity contribution in [2.24, 2.45) is 0 Å². The van der Waals surface area contributed by atoms with Crippen LogP contribution < -0.4 is 9.80 Å². The van der Waals surface area contributed by atoms with E-state index in [0.29, 0.717) is 0 Å². The van der Waals surface area contributed by atoms with E-state index in [2.05, 4.69) is 32.2 Å². The highest BCUT2D eigenvalue weighted by atomic mass is 16.6. The molecule has 0 radical (unpaired) electrons. The van der Waals surface area contributed by atoms with Crippen LogP contribution in [0.1, 0.15) is 12.8 Å². The average Bonchev–Trinajstić information content (AvgIpc) is 3.18. The topological polar surface area (TPSA) is 54.6 Å². The van der Waals surface area contributed by atoms with Gasteiger partial charge in [-0.05, 0) is 35.3 Å². The first-order valence-electron chi connectivity index (χ1n) is 7.26. The Labute approximate surface area is 117 Å². The standard InChI is InChI=1S/C14H18N4O2/c1-2-4-18(3-1)13-10-11(17-5-7-19-8-6-17)9-12-14(13)16-20-15-12/h9-10H,1-8H2. The lowest BCUT2D eigenvalue weighted by atomic mass is 10.2. The van der Waals surface area contributed by atoms with Crippen LogP contribution in [0.4, 0.5) is 11.4 Å². The van der Waals surface area contributed by atoms with Crippen LogP contribution in [0.2, 0.25) is 0 Å². The predicted octanol–water partition coefficient (Wildman–Crippen LogP) is 1.66. The van der Waals surface area contributed by atoms with Crippen molar-refractivity contribution >= 4 is 22.4 Å². The number of benzene rings is 1. The Morgan fingerprint density at radius 3 is 2.50 bits per heavy atom. The predicted molar refractivity (Wildman–Crippen MR) is 76.3 cm³/mol. The molecule has 106 valence electrons. The second kappa shape index (κ2) is 4.94. The maximum Gasteiger partial charge on any atom is 0.158 e. The van der Waals surface area contributed by atoms with Crippen LogP contribution in [0, 0.1) is 0 Å². The lowest BCUT2D eigenvalue weighted by Gasteiger charge is -2.30. The molecule has 0 atom stereocenters. The normalized spacial score (nSPS) is 20.0. The monoisotopic (exact) mass is 274 g/mol. The van der Waals surface area contributed by atoms with Gasteiger partial charge >= 0.3 is 0 Å². The first kappa shape index (κ1) is 12.0. The third-order valence-corrected chi connectivity index (χ3v) is 4.15. The molecule has 0 aliphatic carbocycles. The van der Waals surface area contributed by atoms with E-state index in [1.165, 1.54) is 18.5 Å². The van der Waals surface area contributed by atoms with Crippen molar-refractivity contribution in [1.29, 1.82) is 0 Å². The molecule has 0 unspecified atom stereocenters. The molecule has 2 fully saturated rings. The van der Waals surface area contributed by atoms with Gasteiger partial charge in [0.25, 0.3) is 0 Å². The summed E-state index contributed by atoms with van der Waals surface area (Å²) in [6.45, 7) is 5.61. The smallest absolute Gasteiger partial charge is 0.158 e. The quantitative estimate of drug-likeness (QED) is 0.830. The third-order valence-electron chi connectivity index (χ3n) is 4.15. The van der Waals surface area contributed by atoms with Gasteiger partial charge in [0, 0.05) is 31.9 Å². The Bertz CT molecular complexity index is 600. The molecule has 2 aromatic rings. The van der Waals surface area contributed by atoms with Crippen molar-refractivity contribution in [2.45, 2.75) is 12.8 Å². The molecule has 0 spiro atoms. The molecular weight excluding hydrogens is 256 g/mol. The Hall–Kier alpha value is -1.82. The van der Waals surface area contributed by atoms with E-state index in [1.54, 1.807) is 0 Å². The molecule has 2 aliphatic heterocycles.